The number of rotatable bonds is 0. The summed E-state index contributed by atoms with van der Waals surface area (Å²) in [6.07, 6.45) is 0. The molecule has 0 spiro atoms. The van der Waals surface area contributed by atoms with Gasteiger partial charge in [0.15, 0.2) is 6.73 Å². The highest BCUT2D eigenvalue weighted by molar-refractivity contribution is 4.67. The van der Waals surface area contributed by atoms with Gasteiger partial charge in [-0.2, -0.15) is 0 Å². The second kappa shape index (κ2) is 1.69. The first kappa shape index (κ1) is 6.01. The molecule has 0 aromatic rings. The fourth-order valence-corrected chi connectivity index (χ4v) is 0.675. The third-order valence-corrected chi connectivity index (χ3v) is 1.45. The zero-order valence-electron chi connectivity index (χ0n) is 5.23. The first-order valence-electron chi connectivity index (χ1n) is 2.74. The fraction of sp³-hybridized carbons (Fsp3) is 1.00. The first-order valence-corrected chi connectivity index (χ1v) is 2.74. The monoisotopic (exact) mass is 117 g/mol. The van der Waals surface area contributed by atoms with Gasteiger partial charge in [-0.3, -0.25) is 0 Å². The summed E-state index contributed by atoms with van der Waals surface area (Å²) in [5.74, 6) is 0. The highest BCUT2D eigenvalue weighted by Crippen LogP contribution is 2.00. The standard InChI is InChI=1S/C5H11NO2/c1-5(2)3-8-4-6(5)7/h6H,3-4H2,1-2H3. The van der Waals surface area contributed by atoms with Crippen LogP contribution in [0.25, 0.3) is 0 Å². The molecule has 48 valence electrons. The van der Waals surface area contributed by atoms with E-state index in [0.29, 0.717) is 13.3 Å². The lowest BCUT2D eigenvalue weighted by atomic mass is 10.1. The zero-order valence-corrected chi connectivity index (χ0v) is 5.23. The van der Waals surface area contributed by atoms with Crippen molar-refractivity contribution in [2.45, 2.75) is 19.4 Å². The van der Waals surface area contributed by atoms with Crippen molar-refractivity contribution in [1.82, 2.24) is 0 Å². The average molecular weight is 117 g/mol. The Morgan fingerprint density at radius 2 is 2.25 bits per heavy atom. The number of ether oxygens (including phenoxy) is 1. The van der Waals surface area contributed by atoms with E-state index in [1.54, 1.807) is 0 Å². The van der Waals surface area contributed by atoms with Crippen LogP contribution in [0.2, 0.25) is 0 Å². The molecule has 1 aliphatic heterocycles. The van der Waals surface area contributed by atoms with E-state index in [0.717, 1.165) is 0 Å². The molecule has 8 heavy (non-hydrogen) atoms. The van der Waals surface area contributed by atoms with E-state index >= 15 is 0 Å². The van der Waals surface area contributed by atoms with Crippen molar-refractivity contribution in [3.05, 3.63) is 5.21 Å². The molecular formula is C5H11NO2. The molecular weight excluding hydrogens is 106 g/mol. The summed E-state index contributed by atoms with van der Waals surface area (Å²) in [5, 5.41) is 11.0. The summed E-state index contributed by atoms with van der Waals surface area (Å²) in [4.78, 5) is 0. The molecule has 1 rings (SSSR count). The Hall–Kier alpha value is -0.120. The lowest BCUT2D eigenvalue weighted by Crippen LogP contribution is -3.13. The molecule has 1 fully saturated rings. The molecule has 0 amide bonds. The minimum absolute atomic E-state index is 0.208. The van der Waals surface area contributed by atoms with Crippen LogP contribution in [0.5, 0.6) is 0 Å². The Balaban J connectivity index is 2.54. The van der Waals surface area contributed by atoms with Crippen LogP contribution in [0.1, 0.15) is 13.8 Å². The predicted octanol–water partition coefficient (Wildman–Crippen LogP) is -0.865. The van der Waals surface area contributed by atoms with Gasteiger partial charge in [0.2, 0.25) is 0 Å². The average Bonchev–Trinajstić information content (AvgIpc) is 1.86. The van der Waals surface area contributed by atoms with E-state index in [-0.39, 0.29) is 10.6 Å². The van der Waals surface area contributed by atoms with Crippen molar-refractivity contribution >= 4 is 0 Å². The normalized spacial score (nSPS) is 35.6. The Morgan fingerprint density at radius 1 is 1.62 bits per heavy atom. The van der Waals surface area contributed by atoms with Crippen LogP contribution in [0.4, 0.5) is 0 Å². The van der Waals surface area contributed by atoms with Crippen LogP contribution in [0.3, 0.4) is 0 Å². The highest BCUT2D eigenvalue weighted by atomic mass is 16.6. The van der Waals surface area contributed by atoms with Crippen molar-refractivity contribution in [2.24, 2.45) is 0 Å². The summed E-state index contributed by atoms with van der Waals surface area (Å²) in [7, 11) is 0. The van der Waals surface area contributed by atoms with Crippen LogP contribution in [-0.2, 0) is 4.74 Å². The van der Waals surface area contributed by atoms with Crippen molar-refractivity contribution in [2.75, 3.05) is 13.3 Å². The lowest BCUT2D eigenvalue weighted by molar-refractivity contribution is -0.892. The fourth-order valence-electron chi connectivity index (χ4n) is 0.675. The largest absolute Gasteiger partial charge is 0.632 e. The maximum absolute atomic E-state index is 10.8. The Bertz CT molecular complexity index is 92.4. The predicted molar refractivity (Wildman–Crippen MR) is 29.2 cm³/mol. The number of quaternary nitrogens is 1. The van der Waals surface area contributed by atoms with Crippen molar-refractivity contribution < 1.29 is 9.80 Å². The third-order valence-electron chi connectivity index (χ3n) is 1.45. The molecule has 0 radical (unpaired) electrons. The van der Waals surface area contributed by atoms with Crippen LogP contribution < -0.4 is 5.06 Å². The van der Waals surface area contributed by atoms with Gasteiger partial charge in [0, 0.05) is 0 Å². The van der Waals surface area contributed by atoms with E-state index in [4.69, 9.17) is 4.74 Å². The Labute approximate surface area is 48.8 Å². The molecule has 3 heteroatoms. The van der Waals surface area contributed by atoms with Gasteiger partial charge >= 0.3 is 0 Å². The van der Waals surface area contributed by atoms with Gasteiger partial charge in [0.05, 0.1) is 0 Å². The van der Waals surface area contributed by atoms with E-state index < -0.39 is 0 Å². The molecule has 1 atom stereocenters. The molecule has 0 aromatic heterocycles. The first-order chi connectivity index (χ1) is 3.63. The van der Waals surface area contributed by atoms with Gasteiger partial charge in [-0.05, 0) is 13.8 Å². The lowest BCUT2D eigenvalue weighted by Gasteiger charge is -2.27. The van der Waals surface area contributed by atoms with E-state index in [2.05, 4.69) is 0 Å². The second-order valence-corrected chi connectivity index (χ2v) is 2.80. The molecule has 0 saturated carbocycles. The molecule has 0 aliphatic carbocycles. The molecule has 1 heterocycles. The van der Waals surface area contributed by atoms with Gasteiger partial charge in [0.1, 0.15) is 12.1 Å². The van der Waals surface area contributed by atoms with E-state index in [9.17, 15) is 5.21 Å². The minimum atomic E-state index is -0.208. The quantitative estimate of drug-likeness (QED) is 0.419. The number of nitrogens with one attached hydrogen (secondary N) is 1. The van der Waals surface area contributed by atoms with Crippen molar-refractivity contribution in [1.29, 1.82) is 0 Å². The van der Waals surface area contributed by atoms with Gasteiger partial charge < -0.3 is 15.0 Å². The van der Waals surface area contributed by atoms with Gasteiger partial charge in [0.25, 0.3) is 0 Å². The van der Waals surface area contributed by atoms with E-state index in [1.165, 1.54) is 0 Å². The molecule has 3 nitrogen and oxygen atoms in total. The topological polar surface area (TPSA) is 36.7 Å². The second-order valence-electron chi connectivity index (χ2n) is 2.80. The summed E-state index contributed by atoms with van der Waals surface area (Å²) in [5.41, 5.74) is -0.208. The van der Waals surface area contributed by atoms with E-state index in [1.807, 2.05) is 13.8 Å². The number of hydroxylamine groups is 2. The summed E-state index contributed by atoms with van der Waals surface area (Å²) >= 11 is 0. The van der Waals surface area contributed by atoms with Gasteiger partial charge in [-0.25, -0.2) is 0 Å². The van der Waals surface area contributed by atoms with Crippen LogP contribution in [0, 0.1) is 5.21 Å². The molecule has 1 unspecified atom stereocenters. The zero-order chi connectivity index (χ0) is 6.20. The summed E-state index contributed by atoms with van der Waals surface area (Å²) < 4.78 is 4.92. The number of hydrogen-bond acceptors (Lipinski definition) is 2. The molecule has 0 aromatic carbocycles. The summed E-state index contributed by atoms with van der Waals surface area (Å²) in [6, 6.07) is 0. The minimum Gasteiger partial charge on any atom is -0.632 e. The van der Waals surface area contributed by atoms with Crippen LogP contribution in [0.15, 0.2) is 0 Å². The van der Waals surface area contributed by atoms with Crippen molar-refractivity contribution in [3.63, 3.8) is 0 Å². The Morgan fingerprint density at radius 3 is 2.38 bits per heavy atom. The summed E-state index contributed by atoms with van der Waals surface area (Å²) in [6.45, 7) is 4.71. The maximum Gasteiger partial charge on any atom is 0.182 e. The molecule has 0 bridgehead atoms. The molecule has 1 N–H and O–H groups in total. The highest BCUT2D eigenvalue weighted by Gasteiger charge is 2.31. The SMILES string of the molecule is CC1(C)COC[NH+]1[O-]. The van der Waals surface area contributed by atoms with Crippen molar-refractivity contribution in [3.8, 4) is 0 Å². The number of hydrogen-bond donors (Lipinski definition) is 1. The smallest absolute Gasteiger partial charge is 0.182 e. The molecule has 1 aliphatic rings. The van der Waals surface area contributed by atoms with Crippen LogP contribution in [-0.4, -0.2) is 18.9 Å². The van der Waals surface area contributed by atoms with Gasteiger partial charge in [-0.15, -0.1) is 0 Å². The Kier molecular flexibility index (Phi) is 1.27. The van der Waals surface area contributed by atoms with Crippen LogP contribution >= 0.6 is 0 Å². The third kappa shape index (κ3) is 0.844. The molecule has 1 saturated heterocycles. The maximum atomic E-state index is 10.8. The van der Waals surface area contributed by atoms with Gasteiger partial charge in [-0.1, -0.05) is 0 Å².